The molecule has 2 aromatic rings. The zero-order chi connectivity index (χ0) is 19.8. The summed E-state index contributed by atoms with van der Waals surface area (Å²) in [5.41, 5.74) is 2.00. The van der Waals surface area contributed by atoms with Gasteiger partial charge in [-0.2, -0.15) is 5.10 Å². The lowest BCUT2D eigenvalue weighted by Crippen LogP contribution is -2.60. The Balaban J connectivity index is 1.29. The number of benzene rings is 1. The highest BCUT2D eigenvalue weighted by molar-refractivity contribution is 5.88. The van der Waals surface area contributed by atoms with Crippen LogP contribution in [0.15, 0.2) is 24.3 Å². The summed E-state index contributed by atoms with van der Waals surface area (Å²) in [4.78, 5) is 13.0. The zero-order valence-electron chi connectivity index (χ0n) is 17.2. The molecule has 1 amide bonds. The molecule has 1 aromatic heterocycles. The Morgan fingerprint density at radius 2 is 1.76 bits per heavy atom. The average molecular weight is 398 g/mol. The molecule has 1 heterocycles. The molecule has 4 nitrogen and oxygen atoms in total. The summed E-state index contributed by atoms with van der Waals surface area (Å²) in [6.07, 6.45) is 10.4. The van der Waals surface area contributed by atoms with Gasteiger partial charge < -0.3 is 5.32 Å². The van der Waals surface area contributed by atoms with Gasteiger partial charge in [-0.3, -0.25) is 13.9 Å². The van der Waals surface area contributed by atoms with Crippen LogP contribution in [0.3, 0.4) is 0 Å². The highest BCUT2D eigenvalue weighted by Crippen LogP contribution is 2.55. The summed E-state index contributed by atoms with van der Waals surface area (Å²) in [6.45, 7) is 0.521. The molecule has 4 bridgehead atoms. The number of alkyl halides is 1. The number of aromatic nitrogens is 2. The fraction of sp³-hybridized carbons (Fsp3) is 0.667. The highest BCUT2D eigenvalue weighted by Gasteiger charge is 2.51. The van der Waals surface area contributed by atoms with Gasteiger partial charge in [0.25, 0.3) is 0 Å². The van der Waals surface area contributed by atoms with Crippen molar-refractivity contribution in [2.75, 3.05) is 6.67 Å². The molecule has 0 atom stereocenters. The standard InChI is InChI=1S/C24H32FN3O/c25-8-4-1-5-9-28-22-7-3-2-6-20(22)21(27-28)13-23(29)26-24-14-17-10-18(15-24)12-19(11-17)16-24/h2-3,6-7,17-19H,1,4-5,8-16H2,(H,26,29). The number of rotatable bonds is 8. The fourth-order valence-electron chi connectivity index (χ4n) is 6.79. The van der Waals surface area contributed by atoms with Crippen LogP contribution in [0.5, 0.6) is 0 Å². The summed E-state index contributed by atoms with van der Waals surface area (Å²) < 4.78 is 14.4. The largest absolute Gasteiger partial charge is 0.350 e. The Morgan fingerprint density at radius 1 is 1.07 bits per heavy atom. The van der Waals surface area contributed by atoms with Crippen molar-refractivity contribution in [1.29, 1.82) is 0 Å². The number of carbonyl (C=O) groups is 1. The van der Waals surface area contributed by atoms with Crippen LogP contribution < -0.4 is 5.32 Å². The molecule has 0 saturated heterocycles. The first-order valence-electron chi connectivity index (χ1n) is 11.5. The summed E-state index contributed by atoms with van der Waals surface area (Å²) in [7, 11) is 0. The number of carbonyl (C=O) groups excluding carboxylic acids is 1. The van der Waals surface area contributed by atoms with E-state index in [1.165, 1.54) is 38.5 Å². The van der Waals surface area contributed by atoms with Crippen LogP contribution in [0.4, 0.5) is 4.39 Å². The van der Waals surface area contributed by atoms with Crippen LogP contribution in [-0.2, 0) is 17.8 Å². The number of nitrogens with zero attached hydrogens (tertiary/aromatic N) is 2. The molecule has 156 valence electrons. The van der Waals surface area contributed by atoms with E-state index in [-0.39, 0.29) is 18.1 Å². The van der Waals surface area contributed by atoms with Crippen molar-refractivity contribution in [2.24, 2.45) is 17.8 Å². The maximum absolute atomic E-state index is 13.0. The predicted octanol–water partition coefficient (Wildman–Crippen LogP) is 4.80. The van der Waals surface area contributed by atoms with Gasteiger partial charge in [-0.05, 0) is 81.6 Å². The third kappa shape index (κ3) is 3.80. The van der Waals surface area contributed by atoms with E-state index in [1.807, 2.05) is 16.8 Å². The number of halogens is 1. The maximum Gasteiger partial charge on any atom is 0.226 e. The Bertz CT molecular complexity index is 854. The number of para-hydroxylation sites is 1. The number of hydrogen-bond acceptors (Lipinski definition) is 2. The van der Waals surface area contributed by atoms with Crippen molar-refractivity contribution >= 4 is 16.8 Å². The smallest absolute Gasteiger partial charge is 0.226 e. The molecular weight excluding hydrogens is 365 g/mol. The number of amides is 1. The third-order valence-corrected chi connectivity index (χ3v) is 7.51. The molecule has 4 saturated carbocycles. The van der Waals surface area contributed by atoms with Crippen LogP contribution in [0, 0.1) is 17.8 Å². The Hall–Kier alpha value is -1.91. The number of aryl methyl sites for hydroxylation is 1. The van der Waals surface area contributed by atoms with E-state index in [0.29, 0.717) is 12.8 Å². The molecule has 1 N–H and O–H groups in total. The Morgan fingerprint density at radius 3 is 2.45 bits per heavy atom. The number of nitrogens with one attached hydrogen (secondary N) is 1. The van der Waals surface area contributed by atoms with Gasteiger partial charge in [-0.1, -0.05) is 18.2 Å². The fourth-order valence-corrected chi connectivity index (χ4v) is 6.79. The van der Waals surface area contributed by atoms with Crippen LogP contribution in [0.2, 0.25) is 0 Å². The predicted molar refractivity (Wildman–Crippen MR) is 112 cm³/mol. The summed E-state index contributed by atoms with van der Waals surface area (Å²) in [5, 5.41) is 9.33. The average Bonchev–Trinajstić information content (AvgIpc) is 3.01. The second-order valence-electron chi connectivity index (χ2n) is 9.86. The van der Waals surface area contributed by atoms with Gasteiger partial charge in [0.05, 0.1) is 24.3 Å². The number of unbranched alkanes of at least 4 members (excludes halogenated alkanes) is 2. The van der Waals surface area contributed by atoms with Crippen LogP contribution >= 0.6 is 0 Å². The topological polar surface area (TPSA) is 46.9 Å². The van der Waals surface area contributed by atoms with Crippen molar-refractivity contribution in [3.63, 3.8) is 0 Å². The maximum atomic E-state index is 13.0. The minimum atomic E-state index is -0.254. The SMILES string of the molecule is O=C(Cc1nn(CCCCCF)c2ccccc12)NC12CC3CC(CC(C3)C1)C2. The monoisotopic (exact) mass is 397 g/mol. The quantitative estimate of drug-likeness (QED) is 0.650. The molecule has 0 unspecified atom stereocenters. The lowest BCUT2D eigenvalue weighted by atomic mass is 9.53. The lowest BCUT2D eigenvalue weighted by molar-refractivity contribution is -0.126. The molecule has 4 fully saturated rings. The minimum absolute atomic E-state index is 0.0522. The van der Waals surface area contributed by atoms with Crippen molar-refractivity contribution in [2.45, 2.75) is 76.3 Å². The first-order valence-corrected chi connectivity index (χ1v) is 11.5. The van der Waals surface area contributed by atoms with Gasteiger partial charge in [0.1, 0.15) is 0 Å². The molecule has 0 spiro atoms. The van der Waals surface area contributed by atoms with Crippen LogP contribution in [0.25, 0.3) is 10.9 Å². The molecular formula is C24H32FN3O. The van der Waals surface area contributed by atoms with Gasteiger partial charge in [0, 0.05) is 17.5 Å². The van der Waals surface area contributed by atoms with E-state index in [4.69, 9.17) is 5.10 Å². The summed E-state index contributed by atoms with van der Waals surface area (Å²) in [6, 6.07) is 8.16. The second kappa shape index (κ2) is 7.73. The van der Waals surface area contributed by atoms with E-state index >= 15 is 0 Å². The van der Waals surface area contributed by atoms with Crippen LogP contribution in [0.1, 0.15) is 63.5 Å². The molecule has 4 aliphatic carbocycles. The van der Waals surface area contributed by atoms with E-state index in [0.717, 1.165) is 53.7 Å². The molecule has 1 aromatic carbocycles. The van der Waals surface area contributed by atoms with Crippen molar-refractivity contribution in [3.05, 3.63) is 30.0 Å². The summed E-state index contributed by atoms with van der Waals surface area (Å²) in [5.74, 6) is 2.60. The molecule has 5 heteroatoms. The van der Waals surface area contributed by atoms with E-state index in [9.17, 15) is 9.18 Å². The lowest BCUT2D eigenvalue weighted by Gasteiger charge is -2.56. The van der Waals surface area contributed by atoms with E-state index < -0.39 is 0 Å². The minimum Gasteiger partial charge on any atom is -0.350 e. The Labute approximate surface area is 172 Å². The van der Waals surface area contributed by atoms with Gasteiger partial charge in [-0.25, -0.2) is 0 Å². The van der Waals surface area contributed by atoms with Crippen molar-refractivity contribution in [3.8, 4) is 0 Å². The van der Waals surface area contributed by atoms with Gasteiger partial charge in [-0.15, -0.1) is 0 Å². The normalized spacial score (nSPS) is 30.2. The molecule has 4 aliphatic rings. The summed E-state index contributed by atoms with van der Waals surface area (Å²) >= 11 is 0. The molecule has 0 aliphatic heterocycles. The van der Waals surface area contributed by atoms with Crippen molar-refractivity contribution < 1.29 is 9.18 Å². The van der Waals surface area contributed by atoms with E-state index in [1.54, 1.807) is 0 Å². The highest BCUT2D eigenvalue weighted by atomic mass is 19.1. The molecule has 29 heavy (non-hydrogen) atoms. The zero-order valence-corrected chi connectivity index (χ0v) is 17.2. The Kier molecular flexibility index (Phi) is 5.09. The van der Waals surface area contributed by atoms with Crippen molar-refractivity contribution in [1.82, 2.24) is 15.1 Å². The van der Waals surface area contributed by atoms with E-state index in [2.05, 4.69) is 17.4 Å². The number of fused-ring (bicyclic) bond motifs is 1. The number of hydrogen-bond donors (Lipinski definition) is 1. The van der Waals surface area contributed by atoms with Crippen LogP contribution in [-0.4, -0.2) is 27.9 Å². The first kappa shape index (κ1) is 19.1. The van der Waals surface area contributed by atoms with Gasteiger partial charge >= 0.3 is 0 Å². The molecule has 0 radical (unpaired) electrons. The second-order valence-corrected chi connectivity index (χ2v) is 9.86. The third-order valence-electron chi connectivity index (χ3n) is 7.51. The molecule has 6 rings (SSSR count). The van der Waals surface area contributed by atoms with Gasteiger partial charge in [0.2, 0.25) is 5.91 Å². The van der Waals surface area contributed by atoms with Gasteiger partial charge in [0.15, 0.2) is 0 Å². The first-order chi connectivity index (χ1) is 14.1.